The molecule has 3 nitrogen and oxygen atoms in total. The summed E-state index contributed by atoms with van der Waals surface area (Å²) in [5.41, 5.74) is 0.730. The van der Waals surface area contributed by atoms with Gasteiger partial charge >= 0.3 is 0 Å². The van der Waals surface area contributed by atoms with Crippen LogP contribution in [0, 0.1) is 11.7 Å². The predicted molar refractivity (Wildman–Crippen MR) is 70.4 cm³/mol. The van der Waals surface area contributed by atoms with Crippen molar-refractivity contribution in [2.45, 2.75) is 38.1 Å². The van der Waals surface area contributed by atoms with Crippen molar-refractivity contribution < 1.29 is 13.9 Å². The molecule has 1 saturated carbocycles. The zero-order valence-corrected chi connectivity index (χ0v) is 11.1. The molecule has 0 aromatic heterocycles. The second-order valence-corrected chi connectivity index (χ2v) is 4.96. The van der Waals surface area contributed by atoms with Crippen LogP contribution in [-0.2, 0) is 4.79 Å². The average molecular weight is 263 g/mol. The Bertz CT molecular complexity index is 477. The van der Waals surface area contributed by atoms with Gasteiger partial charge < -0.3 is 4.74 Å². The maximum atomic E-state index is 13.8. The van der Waals surface area contributed by atoms with Crippen LogP contribution >= 0.6 is 0 Å². The molecule has 4 heteroatoms. The van der Waals surface area contributed by atoms with Gasteiger partial charge in [0.25, 0.3) is 0 Å². The van der Waals surface area contributed by atoms with E-state index < -0.39 is 5.82 Å². The van der Waals surface area contributed by atoms with Gasteiger partial charge in [-0.3, -0.25) is 0 Å². The van der Waals surface area contributed by atoms with Crippen LogP contribution in [0.25, 0.3) is 0 Å². The first-order valence-corrected chi connectivity index (χ1v) is 6.66. The number of nitrogens with zero attached hydrogens (tertiary/aromatic N) is 1. The van der Waals surface area contributed by atoms with E-state index in [1.165, 1.54) is 19.6 Å². The third kappa shape index (κ3) is 3.21. The molecule has 0 radical (unpaired) electrons. The summed E-state index contributed by atoms with van der Waals surface area (Å²) in [5, 5.41) is 0. The zero-order valence-electron chi connectivity index (χ0n) is 11.1. The fourth-order valence-corrected chi connectivity index (χ4v) is 2.83. The van der Waals surface area contributed by atoms with Crippen molar-refractivity contribution in [3.8, 4) is 5.75 Å². The van der Waals surface area contributed by atoms with Gasteiger partial charge in [-0.1, -0.05) is 25.3 Å². The largest absolute Gasteiger partial charge is 0.494 e. The summed E-state index contributed by atoms with van der Waals surface area (Å²) in [5.74, 6) is 0.103. The second kappa shape index (κ2) is 6.48. The van der Waals surface area contributed by atoms with Gasteiger partial charge in [-0.2, -0.15) is 4.99 Å². The van der Waals surface area contributed by atoms with E-state index in [0.29, 0.717) is 5.92 Å². The molecule has 1 aliphatic carbocycles. The van der Waals surface area contributed by atoms with Crippen molar-refractivity contribution in [2.24, 2.45) is 10.9 Å². The highest BCUT2D eigenvalue weighted by atomic mass is 19.1. The molecule has 0 heterocycles. The lowest BCUT2D eigenvalue weighted by Crippen LogP contribution is -2.15. The van der Waals surface area contributed by atoms with Crippen LogP contribution in [-0.4, -0.2) is 13.2 Å². The van der Waals surface area contributed by atoms with Crippen LogP contribution in [0.5, 0.6) is 5.75 Å². The van der Waals surface area contributed by atoms with Gasteiger partial charge in [-0.05, 0) is 36.5 Å². The summed E-state index contributed by atoms with van der Waals surface area (Å²) in [7, 11) is 1.43. The lowest BCUT2D eigenvalue weighted by Gasteiger charge is -2.27. The highest BCUT2D eigenvalue weighted by molar-refractivity contribution is 5.37. The topological polar surface area (TPSA) is 38.7 Å². The smallest absolute Gasteiger partial charge is 0.235 e. The molecule has 0 amide bonds. The highest BCUT2D eigenvalue weighted by Crippen LogP contribution is 2.37. The van der Waals surface area contributed by atoms with Crippen LogP contribution in [0.3, 0.4) is 0 Å². The highest BCUT2D eigenvalue weighted by Gasteiger charge is 2.25. The Morgan fingerprint density at radius 3 is 2.68 bits per heavy atom. The Kier molecular flexibility index (Phi) is 4.69. The number of aliphatic imine (C=N–C) groups is 1. The van der Waals surface area contributed by atoms with Crippen molar-refractivity contribution >= 4 is 6.08 Å². The van der Waals surface area contributed by atoms with Crippen molar-refractivity contribution in [2.75, 3.05) is 7.11 Å². The molecule has 1 fully saturated rings. The standard InChI is InChI=1S/C15H18FNO2/c1-19-14-8-7-12(9-13(14)16)15(17-10-18)11-5-3-2-4-6-11/h7-9,11,15H,2-6H2,1H3. The average Bonchev–Trinajstić information content (AvgIpc) is 2.45. The monoisotopic (exact) mass is 263 g/mol. The Morgan fingerprint density at radius 2 is 2.11 bits per heavy atom. The molecular weight excluding hydrogens is 245 g/mol. The summed E-state index contributed by atoms with van der Waals surface area (Å²) in [6, 6.07) is 4.50. The van der Waals surface area contributed by atoms with E-state index in [2.05, 4.69) is 4.99 Å². The van der Waals surface area contributed by atoms with Crippen LogP contribution < -0.4 is 4.74 Å². The summed E-state index contributed by atoms with van der Waals surface area (Å²) >= 11 is 0. The normalized spacial score (nSPS) is 17.6. The predicted octanol–water partition coefficient (Wildman–Crippen LogP) is 3.79. The van der Waals surface area contributed by atoms with E-state index in [0.717, 1.165) is 31.2 Å². The van der Waals surface area contributed by atoms with E-state index in [-0.39, 0.29) is 11.8 Å². The molecule has 19 heavy (non-hydrogen) atoms. The van der Waals surface area contributed by atoms with Gasteiger partial charge in [0.1, 0.15) is 0 Å². The molecule has 0 N–H and O–H groups in total. The van der Waals surface area contributed by atoms with Crippen molar-refractivity contribution in [1.29, 1.82) is 0 Å². The molecule has 1 atom stereocenters. The minimum absolute atomic E-state index is 0.209. The van der Waals surface area contributed by atoms with Crippen LogP contribution in [0.15, 0.2) is 23.2 Å². The molecular formula is C15H18FNO2. The fourth-order valence-electron chi connectivity index (χ4n) is 2.83. The second-order valence-electron chi connectivity index (χ2n) is 4.96. The Morgan fingerprint density at radius 1 is 1.37 bits per heavy atom. The molecule has 0 bridgehead atoms. The maximum absolute atomic E-state index is 13.8. The van der Waals surface area contributed by atoms with E-state index in [1.54, 1.807) is 18.2 Å². The zero-order chi connectivity index (χ0) is 13.7. The minimum atomic E-state index is -0.415. The number of halogens is 1. The van der Waals surface area contributed by atoms with Gasteiger partial charge in [-0.25, -0.2) is 9.18 Å². The van der Waals surface area contributed by atoms with Gasteiger partial charge in [0.05, 0.1) is 13.2 Å². The lowest BCUT2D eigenvalue weighted by molar-refractivity contribution is 0.308. The maximum Gasteiger partial charge on any atom is 0.235 e. The lowest BCUT2D eigenvalue weighted by atomic mass is 9.81. The third-order valence-corrected chi connectivity index (χ3v) is 3.81. The van der Waals surface area contributed by atoms with E-state index in [9.17, 15) is 9.18 Å². The number of carbonyl (C=O) groups excluding carboxylic acids is 1. The van der Waals surface area contributed by atoms with Gasteiger partial charge in [0, 0.05) is 0 Å². The van der Waals surface area contributed by atoms with Crippen LogP contribution in [0.2, 0.25) is 0 Å². The molecule has 1 aliphatic rings. The van der Waals surface area contributed by atoms with Crippen molar-refractivity contribution in [3.63, 3.8) is 0 Å². The summed E-state index contributed by atoms with van der Waals surface area (Å²) < 4.78 is 18.7. The fraction of sp³-hybridized carbons (Fsp3) is 0.533. The van der Waals surface area contributed by atoms with E-state index in [1.807, 2.05) is 0 Å². The number of hydrogen-bond acceptors (Lipinski definition) is 3. The first-order valence-electron chi connectivity index (χ1n) is 6.66. The summed E-state index contributed by atoms with van der Waals surface area (Å²) in [6.07, 6.45) is 7.22. The van der Waals surface area contributed by atoms with Crippen molar-refractivity contribution in [3.05, 3.63) is 29.6 Å². The number of rotatable bonds is 4. The number of benzene rings is 1. The molecule has 0 spiro atoms. The number of ether oxygens (including phenoxy) is 1. The van der Waals surface area contributed by atoms with Crippen LogP contribution in [0.1, 0.15) is 43.7 Å². The van der Waals surface area contributed by atoms with Crippen LogP contribution in [0.4, 0.5) is 4.39 Å². The first kappa shape index (κ1) is 13.8. The van der Waals surface area contributed by atoms with Gasteiger partial charge in [-0.15, -0.1) is 0 Å². The number of hydrogen-bond donors (Lipinski definition) is 0. The van der Waals surface area contributed by atoms with E-state index >= 15 is 0 Å². The molecule has 1 unspecified atom stereocenters. The molecule has 0 saturated heterocycles. The first-order chi connectivity index (χ1) is 9.26. The Balaban J connectivity index is 2.27. The minimum Gasteiger partial charge on any atom is -0.494 e. The van der Waals surface area contributed by atoms with Gasteiger partial charge in [0.2, 0.25) is 6.08 Å². The molecule has 1 aromatic rings. The van der Waals surface area contributed by atoms with Gasteiger partial charge in [0.15, 0.2) is 11.6 Å². The quantitative estimate of drug-likeness (QED) is 0.612. The molecule has 102 valence electrons. The molecule has 1 aromatic carbocycles. The summed E-state index contributed by atoms with van der Waals surface area (Å²) in [4.78, 5) is 14.5. The SMILES string of the molecule is COc1ccc(C(N=C=O)C2CCCCC2)cc1F. The number of isocyanates is 1. The summed E-state index contributed by atoms with van der Waals surface area (Å²) in [6.45, 7) is 0. The number of methoxy groups -OCH3 is 1. The van der Waals surface area contributed by atoms with Crippen molar-refractivity contribution in [1.82, 2.24) is 0 Å². The van der Waals surface area contributed by atoms with E-state index in [4.69, 9.17) is 4.74 Å². The third-order valence-electron chi connectivity index (χ3n) is 3.81. The Labute approximate surface area is 112 Å². The molecule has 2 rings (SSSR count). The Hall–Kier alpha value is -1.67. The molecule has 0 aliphatic heterocycles.